The molecule has 4 aliphatic rings. The predicted molar refractivity (Wildman–Crippen MR) is 135 cm³/mol. The number of allylic oxidation sites excluding steroid dienone is 1. The van der Waals surface area contributed by atoms with Crippen LogP contribution in [-0.2, 0) is 5.41 Å². The van der Waals surface area contributed by atoms with Gasteiger partial charge in [0.1, 0.15) is 0 Å². The number of nitrogens with one attached hydrogen (secondary N) is 2. The third kappa shape index (κ3) is 5.39. The first-order valence-electron chi connectivity index (χ1n) is 12.9. The van der Waals surface area contributed by atoms with E-state index in [2.05, 4.69) is 41.5 Å². The van der Waals surface area contributed by atoms with Gasteiger partial charge < -0.3 is 16.4 Å². The molecule has 0 radical (unpaired) electrons. The van der Waals surface area contributed by atoms with Crippen molar-refractivity contribution in [3.05, 3.63) is 54.0 Å². The maximum atomic E-state index is 12.7. The zero-order valence-electron chi connectivity index (χ0n) is 20.3. The van der Waals surface area contributed by atoms with Gasteiger partial charge in [0, 0.05) is 35.9 Å². The van der Waals surface area contributed by atoms with Crippen molar-refractivity contribution in [3.63, 3.8) is 0 Å². The third-order valence-electron chi connectivity index (χ3n) is 8.30. The number of rotatable bonds is 8. The molecule has 4 aliphatic carbocycles. The maximum Gasteiger partial charge on any atom is 0.0889 e. The number of hydrogen-bond acceptors (Lipinski definition) is 3. The van der Waals surface area contributed by atoms with E-state index < -0.39 is 0 Å². The summed E-state index contributed by atoms with van der Waals surface area (Å²) in [4.78, 5) is 0. The van der Waals surface area contributed by atoms with Crippen LogP contribution >= 0.6 is 0 Å². The lowest BCUT2D eigenvalue weighted by molar-refractivity contribution is 0.0623. The Morgan fingerprint density at radius 1 is 1.03 bits per heavy atom. The fourth-order valence-corrected chi connectivity index (χ4v) is 6.03. The van der Waals surface area contributed by atoms with Crippen LogP contribution in [0.4, 0.5) is 10.1 Å². The van der Waals surface area contributed by atoms with E-state index in [1.165, 1.54) is 81.9 Å². The van der Waals surface area contributed by atoms with Gasteiger partial charge in [0.2, 0.25) is 0 Å². The van der Waals surface area contributed by atoms with Gasteiger partial charge in [0.25, 0.3) is 0 Å². The molecule has 4 fully saturated rings. The molecule has 1 aromatic carbocycles. The molecule has 1 aromatic rings. The second-order valence-corrected chi connectivity index (χ2v) is 9.92. The first-order valence-corrected chi connectivity index (χ1v) is 12.9. The van der Waals surface area contributed by atoms with Gasteiger partial charge in [0.15, 0.2) is 0 Å². The average Bonchev–Trinajstić information content (AvgIpc) is 2.88. The monoisotopic (exact) mass is 441 g/mol. The van der Waals surface area contributed by atoms with E-state index in [0.717, 1.165) is 5.69 Å². The Hall–Kier alpha value is -1.81. The second-order valence-electron chi connectivity index (χ2n) is 9.92. The van der Waals surface area contributed by atoms with Gasteiger partial charge in [-0.1, -0.05) is 51.8 Å². The molecule has 0 aliphatic heterocycles. The van der Waals surface area contributed by atoms with Gasteiger partial charge in [-0.25, -0.2) is 4.39 Å². The Balaban J connectivity index is 0.00000141. The molecule has 3 nitrogen and oxygen atoms in total. The number of fused-ring (bicyclic) bond motifs is 3. The van der Waals surface area contributed by atoms with Crippen LogP contribution in [0.25, 0.3) is 0 Å². The molecule has 178 valence electrons. The number of anilines is 1. The third-order valence-corrected chi connectivity index (χ3v) is 8.30. The van der Waals surface area contributed by atoms with E-state index in [-0.39, 0.29) is 6.54 Å². The number of nitrogens with two attached hydrogens (primary N) is 1. The summed E-state index contributed by atoms with van der Waals surface area (Å²) in [6.45, 7) is 9.23. The Kier molecular flexibility index (Phi) is 8.81. The SMILES string of the molecule is C=C(NC1CCCCC1)C12CCC(c3ccc(NC/C(=C/F)CN)cc3)(CC1)CC2.CC. The average molecular weight is 442 g/mol. The molecule has 4 N–H and O–H groups in total. The van der Waals surface area contributed by atoms with Crippen molar-refractivity contribution in [1.82, 2.24) is 5.32 Å². The summed E-state index contributed by atoms with van der Waals surface area (Å²) < 4.78 is 12.7. The Morgan fingerprint density at radius 3 is 2.16 bits per heavy atom. The minimum atomic E-state index is 0.243. The van der Waals surface area contributed by atoms with E-state index in [4.69, 9.17) is 5.73 Å². The second kappa shape index (κ2) is 11.4. The summed E-state index contributed by atoms with van der Waals surface area (Å²) in [7, 11) is 0. The minimum absolute atomic E-state index is 0.243. The van der Waals surface area contributed by atoms with Crippen molar-refractivity contribution in [2.75, 3.05) is 18.4 Å². The lowest BCUT2D eigenvalue weighted by Gasteiger charge is -2.55. The summed E-state index contributed by atoms with van der Waals surface area (Å²) in [5.41, 5.74) is 10.6. The van der Waals surface area contributed by atoms with Gasteiger partial charge in [-0.2, -0.15) is 0 Å². The molecule has 0 heterocycles. The molecule has 0 atom stereocenters. The van der Waals surface area contributed by atoms with Crippen molar-refractivity contribution in [2.24, 2.45) is 11.1 Å². The van der Waals surface area contributed by atoms with Crippen molar-refractivity contribution in [1.29, 1.82) is 0 Å². The van der Waals surface area contributed by atoms with Crippen molar-refractivity contribution < 1.29 is 4.39 Å². The highest BCUT2D eigenvalue weighted by Crippen LogP contribution is 2.60. The van der Waals surface area contributed by atoms with Crippen LogP contribution in [0.15, 0.2) is 48.4 Å². The zero-order chi connectivity index (χ0) is 23.0. The van der Waals surface area contributed by atoms with E-state index >= 15 is 0 Å². The smallest absolute Gasteiger partial charge is 0.0889 e. The van der Waals surface area contributed by atoms with Gasteiger partial charge >= 0.3 is 0 Å². The zero-order valence-corrected chi connectivity index (χ0v) is 20.3. The molecule has 0 unspecified atom stereocenters. The number of halogens is 1. The normalized spacial score (nSPS) is 27.9. The highest BCUT2D eigenvalue weighted by atomic mass is 19.1. The van der Waals surface area contributed by atoms with E-state index in [9.17, 15) is 4.39 Å². The van der Waals surface area contributed by atoms with Crippen LogP contribution in [0, 0.1) is 5.41 Å². The first-order chi connectivity index (χ1) is 15.6. The Morgan fingerprint density at radius 2 is 1.62 bits per heavy atom. The highest BCUT2D eigenvalue weighted by Gasteiger charge is 2.50. The van der Waals surface area contributed by atoms with Gasteiger partial charge in [0.05, 0.1) is 6.33 Å². The number of hydrogen-bond donors (Lipinski definition) is 3. The lowest BCUT2D eigenvalue weighted by Crippen LogP contribution is -2.48. The van der Waals surface area contributed by atoms with E-state index in [1.807, 2.05) is 13.8 Å². The van der Waals surface area contributed by atoms with Gasteiger partial charge in [-0.05, 0) is 80.1 Å². The van der Waals surface area contributed by atoms with Crippen LogP contribution in [0.5, 0.6) is 0 Å². The minimum Gasteiger partial charge on any atom is -0.386 e. The molecule has 0 aromatic heterocycles. The van der Waals surface area contributed by atoms with E-state index in [1.54, 1.807) is 0 Å². The molecule has 5 rings (SSSR count). The van der Waals surface area contributed by atoms with Crippen LogP contribution < -0.4 is 16.4 Å². The first kappa shape index (κ1) is 24.8. The van der Waals surface area contributed by atoms with E-state index in [0.29, 0.717) is 35.3 Å². The Bertz CT molecular complexity index is 737. The summed E-state index contributed by atoms with van der Waals surface area (Å²) >= 11 is 0. The van der Waals surface area contributed by atoms with Crippen LogP contribution in [0.3, 0.4) is 0 Å². The maximum absolute atomic E-state index is 12.7. The van der Waals surface area contributed by atoms with Crippen molar-refractivity contribution in [3.8, 4) is 0 Å². The van der Waals surface area contributed by atoms with Crippen LogP contribution in [0.2, 0.25) is 0 Å². The molecule has 4 saturated carbocycles. The molecule has 0 saturated heterocycles. The molecule has 0 spiro atoms. The molecule has 4 heteroatoms. The lowest BCUT2D eigenvalue weighted by atomic mass is 9.51. The van der Waals surface area contributed by atoms with Crippen LogP contribution in [-0.4, -0.2) is 19.1 Å². The van der Waals surface area contributed by atoms with Crippen LogP contribution in [0.1, 0.15) is 90.0 Å². The molecule has 32 heavy (non-hydrogen) atoms. The van der Waals surface area contributed by atoms with Crippen molar-refractivity contribution >= 4 is 5.69 Å². The summed E-state index contributed by atoms with van der Waals surface area (Å²) in [5, 5.41) is 7.12. The Labute approximate surface area is 195 Å². The van der Waals surface area contributed by atoms with Crippen molar-refractivity contribution in [2.45, 2.75) is 95.9 Å². The fourth-order valence-electron chi connectivity index (χ4n) is 6.03. The molecule has 2 bridgehead atoms. The predicted octanol–water partition coefficient (Wildman–Crippen LogP) is 6.96. The summed E-state index contributed by atoms with van der Waals surface area (Å²) in [6.07, 6.45) is 14.9. The van der Waals surface area contributed by atoms with Gasteiger partial charge in [-0.3, -0.25) is 0 Å². The molecule has 0 amide bonds. The standard InChI is InChI=1S/C26H38FN3.C2H6/c1-20(30-24-5-3-2-4-6-24)25-11-14-26(15-12-25,16-13-25)22-7-9-23(10-8-22)29-19-21(17-27)18-28;1-2/h7-10,17,24,29-30H,1-6,11-16,18-19,28H2;1-2H3/b21-17+;. The van der Waals surface area contributed by atoms with Gasteiger partial charge in [-0.15, -0.1) is 0 Å². The quantitative estimate of drug-likeness (QED) is 0.408. The summed E-state index contributed by atoms with van der Waals surface area (Å²) in [6, 6.07) is 9.47. The summed E-state index contributed by atoms with van der Waals surface area (Å²) in [5.74, 6) is 0. The molecular weight excluding hydrogens is 397 g/mol. The largest absolute Gasteiger partial charge is 0.386 e. The molecular formula is C28H44FN3. The highest BCUT2D eigenvalue weighted by molar-refractivity contribution is 5.47. The number of benzene rings is 1. The topological polar surface area (TPSA) is 50.1 Å². The fraction of sp³-hybridized carbons (Fsp3) is 0.643.